The fourth-order valence-electron chi connectivity index (χ4n) is 1.88. The Bertz CT molecular complexity index is 579. The van der Waals surface area contributed by atoms with Crippen molar-refractivity contribution in [2.75, 3.05) is 0 Å². The number of pyridine rings is 1. The number of aromatic nitrogens is 1. The van der Waals surface area contributed by atoms with Crippen molar-refractivity contribution in [3.8, 4) is 17.0 Å². The predicted octanol–water partition coefficient (Wildman–Crippen LogP) is 2.07. The zero-order valence-electron chi connectivity index (χ0n) is 9.92. The van der Waals surface area contributed by atoms with E-state index in [0.29, 0.717) is 23.2 Å². The molecule has 0 saturated heterocycles. The van der Waals surface area contributed by atoms with E-state index in [-0.39, 0.29) is 17.9 Å². The van der Waals surface area contributed by atoms with Gasteiger partial charge in [0.25, 0.3) is 0 Å². The number of aldehydes is 1. The zero-order chi connectivity index (χ0) is 13.1. The van der Waals surface area contributed by atoms with E-state index < -0.39 is 0 Å². The number of carbonyl (C=O) groups excluding carboxylic acids is 1. The molecule has 2 rings (SSSR count). The lowest BCUT2D eigenvalue weighted by Crippen LogP contribution is -2.02. The van der Waals surface area contributed by atoms with Crippen LogP contribution in [-0.2, 0) is 6.61 Å². The van der Waals surface area contributed by atoms with Crippen molar-refractivity contribution in [3.63, 3.8) is 0 Å². The average Bonchev–Trinajstić information content (AvgIpc) is 2.42. The number of aliphatic hydroxyl groups is 1. The SMILES string of the molecule is Cc1nc(-c2ccccc2)c(CO)c(C=O)c1O. The molecule has 1 heterocycles. The minimum absolute atomic E-state index is 0.101. The second-order valence-corrected chi connectivity index (χ2v) is 3.93. The Hall–Kier alpha value is -2.20. The second kappa shape index (κ2) is 4.98. The molecule has 0 radical (unpaired) electrons. The highest BCUT2D eigenvalue weighted by Gasteiger charge is 2.17. The van der Waals surface area contributed by atoms with Crippen LogP contribution < -0.4 is 0 Å². The normalized spacial score (nSPS) is 10.3. The molecule has 0 amide bonds. The quantitative estimate of drug-likeness (QED) is 0.809. The maximum atomic E-state index is 11.0. The molecule has 0 saturated carbocycles. The molecule has 0 aliphatic carbocycles. The van der Waals surface area contributed by atoms with E-state index in [0.717, 1.165) is 5.56 Å². The molecule has 2 aromatic rings. The van der Waals surface area contributed by atoms with Gasteiger partial charge in [-0.2, -0.15) is 0 Å². The molecule has 0 unspecified atom stereocenters. The minimum Gasteiger partial charge on any atom is -0.505 e. The number of aryl methyl sites for hydroxylation is 1. The van der Waals surface area contributed by atoms with E-state index in [9.17, 15) is 15.0 Å². The molecule has 1 aromatic heterocycles. The summed E-state index contributed by atoms with van der Waals surface area (Å²) in [6, 6.07) is 9.25. The molecule has 0 atom stereocenters. The Morgan fingerprint density at radius 3 is 2.50 bits per heavy atom. The fourth-order valence-corrected chi connectivity index (χ4v) is 1.88. The van der Waals surface area contributed by atoms with Gasteiger partial charge in [-0.1, -0.05) is 30.3 Å². The van der Waals surface area contributed by atoms with Gasteiger partial charge in [-0.15, -0.1) is 0 Å². The summed E-state index contributed by atoms with van der Waals surface area (Å²) in [5.41, 5.74) is 2.14. The average molecular weight is 243 g/mol. The first-order valence-corrected chi connectivity index (χ1v) is 5.53. The van der Waals surface area contributed by atoms with Crippen molar-refractivity contribution in [2.45, 2.75) is 13.5 Å². The third kappa shape index (κ3) is 1.98. The maximum Gasteiger partial charge on any atom is 0.154 e. The van der Waals surface area contributed by atoms with Crippen LogP contribution in [0.5, 0.6) is 5.75 Å². The molecule has 1 aromatic carbocycles. The Balaban J connectivity index is 2.75. The summed E-state index contributed by atoms with van der Waals surface area (Å²) in [5, 5.41) is 19.2. The van der Waals surface area contributed by atoms with Gasteiger partial charge < -0.3 is 10.2 Å². The molecule has 92 valence electrons. The molecule has 0 spiro atoms. The Morgan fingerprint density at radius 2 is 1.94 bits per heavy atom. The van der Waals surface area contributed by atoms with Gasteiger partial charge in [-0.05, 0) is 6.92 Å². The standard InChI is InChI=1S/C14H13NO3/c1-9-14(18)12(8-17)11(7-16)13(15-9)10-5-3-2-4-6-10/h2-6,8,16,18H,7H2,1H3. The number of hydrogen-bond donors (Lipinski definition) is 2. The second-order valence-electron chi connectivity index (χ2n) is 3.93. The van der Waals surface area contributed by atoms with E-state index in [1.54, 1.807) is 6.92 Å². The molecule has 4 nitrogen and oxygen atoms in total. The number of aromatic hydroxyl groups is 1. The summed E-state index contributed by atoms with van der Waals surface area (Å²) in [6.07, 6.45) is 0.544. The number of benzene rings is 1. The molecule has 0 aliphatic heterocycles. The Labute approximate surface area is 105 Å². The zero-order valence-corrected chi connectivity index (χ0v) is 9.92. The highest BCUT2D eigenvalue weighted by atomic mass is 16.3. The van der Waals surface area contributed by atoms with Gasteiger partial charge in [-0.3, -0.25) is 4.79 Å². The number of carbonyl (C=O) groups is 1. The number of aliphatic hydroxyl groups excluding tert-OH is 1. The van der Waals surface area contributed by atoms with Crippen molar-refractivity contribution < 1.29 is 15.0 Å². The first-order chi connectivity index (χ1) is 8.69. The van der Waals surface area contributed by atoms with Gasteiger partial charge in [0.15, 0.2) is 6.29 Å². The van der Waals surface area contributed by atoms with Crippen LogP contribution in [0.4, 0.5) is 0 Å². The number of hydrogen-bond acceptors (Lipinski definition) is 4. The summed E-state index contributed by atoms with van der Waals surface area (Å²) in [4.78, 5) is 15.3. The summed E-state index contributed by atoms with van der Waals surface area (Å²) in [7, 11) is 0. The van der Waals surface area contributed by atoms with Crippen LogP contribution in [0.1, 0.15) is 21.6 Å². The molecule has 0 bridgehead atoms. The van der Waals surface area contributed by atoms with Gasteiger partial charge in [-0.25, -0.2) is 4.98 Å². The fraction of sp³-hybridized carbons (Fsp3) is 0.143. The summed E-state index contributed by atoms with van der Waals surface area (Å²) < 4.78 is 0. The van der Waals surface area contributed by atoms with Crippen molar-refractivity contribution in [1.82, 2.24) is 4.98 Å². The van der Waals surface area contributed by atoms with E-state index in [1.165, 1.54) is 0 Å². The van der Waals surface area contributed by atoms with Crippen molar-refractivity contribution in [1.29, 1.82) is 0 Å². The Kier molecular flexibility index (Phi) is 3.39. The number of nitrogens with zero attached hydrogens (tertiary/aromatic N) is 1. The van der Waals surface area contributed by atoms with Crippen LogP contribution in [0.15, 0.2) is 30.3 Å². The number of rotatable bonds is 3. The van der Waals surface area contributed by atoms with Crippen molar-refractivity contribution >= 4 is 6.29 Å². The lowest BCUT2D eigenvalue weighted by Gasteiger charge is -2.12. The smallest absolute Gasteiger partial charge is 0.154 e. The first kappa shape index (κ1) is 12.3. The summed E-state index contributed by atoms with van der Waals surface area (Å²) >= 11 is 0. The molecule has 0 aliphatic rings. The van der Waals surface area contributed by atoms with Gasteiger partial charge in [0.2, 0.25) is 0 Å². The van der Waals surface area contributed by atoms with Gasteiger partial charge in [0, 0.05) is 11.1 Å². The van der Waals surface area contributed by atoms with Crippen LogP contribution in [0.25, 0.3) is 11.3 Å². The van der Waals surface area contributed by atoms with Gasteiger partial charge >= 0.3 is 0 Å². The first-order valence-electron chi connectivity index (χ1n) is 5.53. The van der Waals surface area contributed by atoms with Crippen LogP contribution >= 0.6 is 0 Å². The molecule has 0 fully saturated rings. The minimum atomic E-state index is -0.348. The molecular formula is C14H13NO3. The van der Waals surface area contributed by atoms with Crippen LogP contribution in [-0.4, -0.2) is 21.5 Å². The van der Waals surface area contributed by atoms with Crippen LogP contribution in [0.3, 0.4) is 0 Å². The summed E-state index contributed by atoms with van der Waals surface area (Å²) in [6.45, 7) is 1.27. The largest absolute Gasteiger partial charge is 0.505 e. The van der Waals surface area contributed by atoms with Crippen LogP contribution in [0, 0.1) is 6.92 Å². The van der Waals surface area contributed by atoms with Crippen LogP contribution in [0.2, 0.25) is 0 Å². The Morgan fingerprint density at radius 1 is 1.28 bits per heavy atom. The topological polar surface area (TPSA) is 70.4 Å². The van der Waals surface area contributed by atoms with Crippen molar-refractivity contribution in [3.05, 3.63) is 47.2 Å². The third-order valence-corrected chi connectivity index (χ3v) is 2.81. The molecule has 18 heavy (non-hydrogen) atoms. The highest BCUT2D eigenvalue weighted by Crippen LogP contribution is 2.30. The molecular weight excluding hydrogens is 230 g/mol. The summed E-state index contributed by atoms with van der Waals surface area (Å²) in [5.74, 6) is -0.172. The maximum absolute atomic E-state index is 11.0. The van der Waals surface area contributed by atoms with Gasteiger partial charge in [0.1, 0.15) is 5.75 Å². The third-order valence-electron chi connectivity index (χ3n) is 2.81. The monoisotopic (exact) mass is 243 g/mol. The lowest BCUT2D eigenvalue weighted by atomic mass is 10.0. The van der Waals surface area contributed by atoms with Gasteiger partial charge in [0.05, 0.1) is 23.6 Å². The van der Waals surface area contributed by atoms with Crippen molar-refractivity contribution in [2.24, 2.45) is 0 Å². The van der Waals surface area contributed by atoms with E-state index in [4.69, 9.17) is 0 Å². The van der Waals surface area contributed by atoms with E-state index in [2.05, 4.69) is 4.98 Å². The highest BCUT2D eigenvalue weighted by molar-refractivity contribution is 5.85. The molecule has 2 N–H and O–H groups in total. The molecule has 4 heteroatoms. The lowest BCUT2D eigenvalue weighted by molar-refractivity contribution is 0.111. The predicted molar refractivity (Wildman–Crippen MR) is 67.4 cm³/mol. The van der Waals surface area contributed by atoms with E-state index in [1.807, 2.05) is 30.3 Å². The van der Waals surface area contributed by atoms with E-state index >= 15 is 0 Å².